The summed E-state index contributed by atoms with van der Waals surface area (Å²) >= 11 is 0. The maximum absolute atomic E-state index is 12.7. The normalized spacial score (nSPS) is 22.2. The molecule has 2 unspecified atom stereocenters. The third-order valence-electron chi connectivity index (χ3n) is 5.01. The summed E-state index contributed by atoms with van der Waals surface area (Å²) in [6.45, 7) is 1.71. The van der Waals surface area contributed by atoms with E-state index in [9.17, 15) is 24.8 Å². The molecule has 10 nitrogen and oxygen atoms in total. The van der Waals surface area contributed by atoms with Crippen LogP contribution in [0.4, 0.5) is 5.69 Å². The molecule has 0 radical (unpaired) electrons. The number of rotatable bonds is 5. The lowest BCUT2D eigenvalue weighted by atomic mass is 9.73. The number of nitro groups is 1. The van der Waals surface area contributed by atoms with Crippen molar-refractivity contribution in [2.45, 2.75) is 38.1 Å². The van der Waals surface area contributed by atoms with E-state index in [4.69, 9.17) is 0 Å². The standard InChI is InChI=1S/C17H19N5O5/c1-17(7-3-2-4-12(17)16(24)25)20-15(23)11-5-6-13(14(8-11)22(26)27)21-10-18-9-19-21/h5-6,8-10,12H,2-4,7H2,1H3,(H,20,23)(H,24,25). The van der Waals surface area contributed by atoms with Crippen molar-refractivity contribution in [1.29, 1.82) is 0 Å². The van der Waals surface area contributed by atoms with E-state index < -0.39 is 28.3 Å². The van der Waals surface area contributed by atoms with Crippen LogP contribution >= 0.6 is 0 Å². The predicted octanol–water partition coefficient (Wildman–Crippen LogP) is 1.94. The molecule has 0 bridgehead atoms. The number of nitrogens with zero attached hydrogens (tertiary/aromatic N) is 4. The average molecular weight is 373 g/mol. The minimum Gasteiger partial charge on any atom is -0.481 e. The van der Waals surface area contributed by atoms with E-state index in [-0.39, 0.29) is 16.9 Å². The molecular weight excluding hydrogens is 354 g/mol. The molecule has 0 saturated heterocycles. The number of benzene rings is 1. The molecule has 142 valence electrons. The SMILES string of the molecule is CC1(NC(=O)c2ccc(-n3cncn3)c([N+](=O)[O-])c2)CCCCC1C(=O)O. The topological polar surface area (TPSA) is 140 Å². The number of aliphatic carboxylic acids is 1. The van der Waals surface area contributed by atoms with E-state index >= 15 is 0 Å². The number of carboxylic acid groups (broad SMARTS) is 1. The van der Waals surface area contributed by atoms with E-state index in [0.717, 1.165) is 18.9 Å². The summed E-state index contributed by atoms with van der Waals surface area (Å²) in [5.74, 6) is -2.19. The van der Waals surface area contributed by atoms with Crippen LogP contribution < -0.4 is 5.32 Å². The van der Waals surface area contributed by atoms with Crippen LogP contribution in [0.1, 0.15) is 43.0 Å². The van der Waals surface area contributed by atoms with E-state index in [0.29, 0.717) is 12.8 Å². The molecule has 1 aromatic carbocycles. The fraction of sp³-hybridized carbons (Fsp3) is 0.412. The zero-order valence-corrected chi connectivity index (χ0v) is 14.7. The molecule has 1 fully saturated rings. The van der Waals surface area contributed by atoms with Gasteiger partial charge in [0.1, 0.15) is 18.3 Å². The maximum atomic E-state index is 12.7. The number of hydrogen-bond donors (Lipinski definition) is 2. The lowest BCUT2D eigenvalue weighted by Gasteiger charge is -2.39. The smallest absolute Gasteiger partial charge is 0.308 e. The fourth-order valence-electron chi connectivity index (χ4n) is 3.55. The number of carbonyl (C=O) groups is 2. The molecular formula is C17H19N5O5. The van der Waals surface area contributed by atoms with Crippen LogP contribution in [-0.2, 0) is 4.79 Å². The van der Waals surface area contributed by atoms with Gasteiger partial charge in [0.2, 0.25) is 0 Å². The van der Waals surface area contributed by atoms with Crippen molar-refractivity contribution in [3.8, 4) is 5.69 Å². The Kier molecular flexibility index (Phi) is 4.89. The minimum atomic E-state index is -0.954. The first-order valence-electron chi connectivity index (χ1n) is 8.50. The van der Waals surface area contributed by atoms with Gasteiger partial charge in [-0.25, -0.2) is 9.67 Å². The van der Waals surface area contributed by atoms with Gasteiger partial charge in [0.05, 0.1) is 16.4 Å². The van der Waals surface area contributed by atoms with Crippen molar-refractivity contribution < 1.29 is 19.6 Å². The number of carbonyl (C=O) groups excluding carboxylic acids is 1. The quantitative estimate of drug-likeness (QED) is 0.603. The summed E-state index contributed by atoms with van der Waals surface area (Å²) in [7, 11) is 0. The second kappa shape index (κ2) is 7.14. The monoisotopic (exact) mass is 373 g/mol. The van der Waals surface area contributed by atoms with E-state index in [1.165, 1.54) is 29.5 Å². The van der Waals surface area contributed by atoms with Gasteiger partial charge in [0.25, 0.3) is 11.6 Å². The molecule has 2 atom stereocenters. The Morgan fingerprint density at radius 2 is 2.19 bits per heavy atom. The van der Waals surface area contributed by atoms with Crippen LogP contribution in [0, 0.1) is 16.0 Å². The first kappa shape index (κ1) is 18.5. The van der Waals surface area contributed by atoms with Gasteiger partial charge in [-0.2, -0.15) is 5.10 Å². The highest BCUT2D eigenvalue weighted by Gasteiger charge is 2.42. The Morgan fingerprint density at radius 3 is 2.81 bits per heavy atom. The van der Waals surface area contributed by atoms with Crippen molar-refractivity contribution in [3.05, 3.63) is 46.5 Å². The molecule has 1 aliphatic carbocycles. The summed E-state index contributed by atoms with van der Waals surface area (Å²) in [5.41, 5.74) is -0.930. The zero-order chi connectivity index (χ0) is 19.6. The number of aromatic nitrogens is 3. The molecule has 10 heteroatoms. The molecule has 27 heavy (non-hydrogen) atoms. The van der Waals surface area contributed by atoms with Crippen LogP contribution in [0.2, 0.25) is 0 Å². The molecule has 1 amide bonds. The van der Waals surface area contributed by atoms with Crippen LogP contribution in [0.5, 0.6) is 0 Å². The third-order valence-corrected chi connectivity index (χ3v) is 5.01. The van der Waals surface area contributed by atoms with Crippen molar-refractivity contribution >= 4 is 17.6 Å². The van der Waals surface area contributed by atoms with Crippen molar-refractivity contribution in [3.63, 3.8) is 0 Å². The van der Waals surface area contributed by atoms with Crippen molar-refractivity contribution in [1.82, 2.24) is 20.1 Å². The van der Waals surface area contributed by atoms with E-state index in [1.54, 1.807) is 6.92 Å². The number of nitrogens with one attached hydrogen (secondary N) is 1. The molecule has 1 heterocycles. The number of amides is 1. The lowest BCUT2D eigenvalue weighted by Crippen LogP contribution is -2.55. The van der Waals surface area contributed by atoms with Crippen molar-refractivity contribution in [2.75, 3.05) is 0 Å². The van der Waals surface area contributed by atoms with E-state index in [2.05, 4.69) is 15.4 Å². The Bertz CT molecular complexity index is 882. The second-order valence-corrected chi connectivity index (χ2v) is 6.81. The molecule has 2 N–H and O–H groups in total. The van der Waals surface area contributed by atoms with E-state index in [1.807, 2.05) is 0 Å². The average Bonchev–Trinajstić information content (AvgIpc) is 3.15. The lowest BCUT2D eigenvalue weighted by molar-refractivity contribution is -0.384. The van der Waals surface area contributed by atoms with Crippen LogP contribution in [0.15, 0.2) is 30.9 Å². The fourth-order valence-corrected chi connectivity index (χ4v) is 3.55. The highest BCUT2D eigenvalue weighted by molar-refractivity contribution is 5.96. The first-order chi connectivity index (χ1) is 12.8. The summed E-state index contributed by atoms with van der Waals surface area (Å²) in [4.78, 5) is 38.8. The molecule has 1 aliphatic rings. The largest absolute Gasteiger partial charge is 0.481 e. The van der Waals surface area contributed by atoms with Gasteiger partial charge < -0.3 is 10.4 Å². The van der Waals surface area contributed by atoms with Gasteiger partial charge in [-0.3, -0.25) is 19.7 Å². The maximum Gasteiger partial charge on any atom is 0.308 e. The summed E-state index contributed by atoms with van der Waals surface area (Å²) in [6, 6.07) is 4.02. The van der Waals surface area contributed by atoms with Gasteiger partial charge in [0, 0.05) is 11.6 Å². The third kappa shape index (κ3) is 3.64. The summed E-state index contributed by atoms with van der Waals surface area (Å²) in [5, 5.41) is 27.5. The molecule has 1 aromatic heterocycles. The Labute approximate surface area is 154 Å². The van der Waals surface area contributed by atoms with Crippen molar-refractivity contribution in [2.24, 2.45) is 5.92 Å². The second-order valence-electron chi connectivity index (χ2n) is 6.81. The summed E-state index contributed by atoms with van der Waals surface area (Å²) in [6.07, 6.45) is 5.20. The number of nitro benzene ring substituents is 1. The van der Waals surface area contributed by atoms with Gasteiger partial charge in [0.15, 0.2) is 0 Å². The molecule has 3 rings (SSSR count). The molecule has 2 aromatic rings. The number of hydrogen-bond acceptors (Lipinski definition) is 6. The molecule has 1 saturated carbocycles. The van der Waals surface area contributed by atoms with Gasteiger partial charge in [-0.15, -0.1) is 0 Å². The zero-order valence-electron chi connectivity index (χ0n) is 14.7. The first-order valence-corrected chi connectivity index (χ1v) is 8.50. The highest BCUT2D eigenvalue weighted by Crippen LogP contribution is 2.34. The molecule has 0 spiro atoms. The van der Waals surface area contributed by atoms with Crippen LogP contribution in [0.3, 0.4) is 0 Å². The Balaban J connectivity index is 1.90. The minimum absolute atomic E-state index is 0.0847. The van der Waals surface area contributed by atoms with Crippen LogP contribution in [0.25, 0.3) is 5.69 Å². The predicted molar refractivity (Wildman–Crippen MR) is 93.5 cm³/mol. The van der Waals surface area contributed by atoms with Gasteiger partial charge in [-0.05, 0) is 31.9 Å². The highest BCUT2D eigenvalue weighted by atomic mass is 16.6. The Hall–Kier alpha value is -3.30. The Morgan fingerprint density at radius 1 is 1.41 bits per heavy atom. The summed E-state index contributed by atoms with van der Waals surface area (Å²) < 4.78 is 1.24. The van der Waals surface area contributed by atoms with Gasteiger partial charge >= 0.3 is 5.97 Å². The van der Waals surface area contributed by atoms with Crippen LogP contribution in [-0.4, -0.2) is 42.2 Å². The number of carboxylic acids is 1. The molecule has 0 aliphatic heterocycles. The van der Waals surface area contributed by atoms with Gasteiger partial charge in [-0.1, -0.05) is 12.8 Å².